The zero-order chi connectivity index (χ0) is 22.8. The molecule has 31 heavy (non-hydrogen) atoms. The third-order valence-electron chi connectivity index (χ3n) is 7.03. The van der Waals surface area contributed by atoms with Crippen LogP contribution in [0.1, 0.15) is 65.2 Å². The number of carbonyl (C=O) groups excluding carboxylic acids is 3. The van der Waals surface area contributed by atoms with E-state index in [0.717, 1.165) is 28.7 Å². The van der Waals surface area contributed by atoms with Gasteiger partial charge >= 0.3 is 12.6 Å². The van der Waals surface area contributed by atoms with Crippen molar-refractivity contribution in [3.63, 3.8) is 0 Å². The van der Waals surface area contributed by atoms with Gasteiger partial charge in [-0.2, -0.15) is 8.78 Å². The molecule has 1 spiro atoms. The molecule has 1 saturated carbocycles. The highest BCUT2D eigenvalue weighted by Gasteiger charge is 2.53. The number of urea groups is 1. The molecule has 0 radical (unpaired) electrons. The molecule has 2 aliphatic rings. The fourth-order valence-corrected chi connectivity index (χ4v) is 4.57. The Balaban J connectivity index is 1.52. The summed E-state index contributed by atoms with van der Waals surface area (Å²) in [4.78, 5) is 42.5. The van der Waals surface area contributed by atoms with Gasteiger partial charge in [0.2, 0.25) is 5.91 Å². The highest BCUT2D eigenvalue weighted by atomic mass is 19.3. The van der Waals surface area contributed by atoms with Crippen molar-refractivity contribution < 1.29 is 23.2 Å². The molecule has 0 atom stereocenters. The van der Waals surface area contributed by atoms with Crippen LogP contribution in [-0.2, 0) is 16.0 Å². The van der Waals surface area contributed by atoms with Crippen LogP contribution in [0.3, 0.4) is 0 Å². The van der Waals surface area contributed by atoms with Gasteiger partial charge in [-0.3, -0.25) is 19.1 Å². The average molecular weight is 440 g/mol. The molecule has 2 N–H and O–H groups in total. The van der Waals surface area contributed by atoms with E-state index in [-0.39, 0.29) is 36.7 Å². The fraction of sp³-hybridized carbons (Fsp3) is 0.714. The Morgan fingerprint density at radius 2 is 2.03 bits per heavy atom. The molecule has 1 aliphatic heterocycles. The SMILES string of the molecule is CCC(C)(C)C1CCC2(CC1)NC(=O)N(CC(=O)NCCc1nccn1C(F)F)C2=O. The van der Waals surface area contributed by atoms with Crippen molar-refractivity contribution in [3.8, 4) is 0 Å². The monoisotopic (exact) mass is 439 g/mol. The van der Waals surface area contributed by atoms with Gasteiger partial charge in [-0.1, -0.05) is 27.2 Å². The van der Waals surface area contributed by atoms with Crippen LogP contribution in [0.4, 0.5) is 13.6 Å². The number of halogens is 2. The number of carbonyl (C=O) groups is 3. The van der Waals surface area contributed by atoms with Crippen LogP contribution in [0.2, 0.25) is 0 Å². The maximum Gasteiger partial charge on any atom is 0.325 e. The Labute approximate surface area is 180 Å². The highest BCUT2D eigenvalue weighted by molar-refractivity contribution is 6.09. The maximum atomic E-state index is 13.0. The smallest absolute Gasteiger partial charge is 0.325 e. The van der Waals surface area contributed by atoms with E-state index in [9.17, 15) is 23.2 Å². The number of amides is 4. The first-order valence-corrected chi connectivity index (χ1v) is 10.8. The standard InChI is InChI=1S/C21H31F2N5O3/c1-4-20(2,3)14-5-8-21(9-6-14)17(30)28(19(31)26-21)13-16(29)25-10-7-15-24-11-12-27(15)18(22)23/h11-12,14,18H,4-10,13H2,1-3H3,(H,25,29)(H,26,31). The third kappa shape index (κ3) is 4.72. The predicted octanol–water partition coefficient (Wildman–Crippen LogP) is 2.85. The number of imide groups is 1. The van der Waals surface area contributed by atoms with Gasteiger partial charge < -0.3 is 10.6 Å². The zero-order valence-electron chi connectivity index (χ0n) is 18.3. The van der Waals surface area contributed by atoms with Gasteiger partial charge in [-0.05, 0) is 37.0 Å². The summed E-state index contributed by atoms with van der Waals surface area (Å²) in [6.45, 7) is 3.61. The Bertz CT molecular complexity index is 831. The van der Waals surface area contributed by atoms with Gasteiger partial charge in [0.1, 0.15) is 17.9 Å². The number of rotatable bonds is 8. The van der Waals surface area contributed by atoms with E-state index in [4.69, 9.17) is 0 Å². The first kappa shape index (κ1) is 23.1. The number of imidazole rings is 1. The van der Waals surface area contributed by atoms with E-state index >= 15 is 0 Å². The number of hydrogen-bond acceptors (Lipinski definition) is 4. The second-order valence-corrected chi connectivity index (χ2v) is 9.15. The molecule has 1 aromatic heterocycles. The molecule has 1 saturated heterocycles. The molecule has 8 nitrogen and oxygen atoms in total. The summed E-state index contributed by atoms with van der Waals surface area (Å²) in [5.41, 5.74) is -0.731. The minimum Gasteiger partial charge on any atom is -0.354 e. The number of nitrogens with one attached hydrogen (secondary N) is 2. The van der Waals surface area contributed by atoms with Gasteiger partial charge in [-0.25, -0.2) is 9.78 Å². The van der Waals surface area contributed by atoms with Crippen LogP contribution in [0.15, 0.2) is 12.4 Å². The largest absolute Gasteiger partial charge is 0.354 e. The fourth-order valence-electron chi connectivity index (χ4n) is 4.57. The topological polar surface area (TPSA) is 96.3 Å². The van der Waals surface area contributed by atoms with Gasteiger partial charge in [0.15, 0.2) is 0 Å². The van der Waals surface area contributed by atoms with Gasteiger partial charge in [0.05, 0.1) is 0 Å². The highest BCUT2D eigenvalue weighted by Crippen LogP contribution is 2.45. The predicted molar refractivity (Wildman–Crippen MR) is 109 cm³/mol. The molecule has 4 amide bonds. The first-order chi connectivity index (χ1) is 14.6. The van der Waals surface area contributed by atoms with Crippen LogP contribution in [-0.4, -0.2) is 50.9 Å². The van der Waals surface area contributed by atoms with Crippen molar-refractivity contribution in [1.29, 1.82) is 0 Å². The summed E-state index contributed by atoms with van der Waals surface area (Å²) in [5.74, 6) is -0.230. The Morgan fingerprint density at radius 3 is 2.65 bits per heavy atom. The van der Waals surface area contributed by atoms with Crippen LogP contribution in [0.25, 0.3) is 0 Å². The number of aromatic nitrogens is 2. The number of nitrogens with zero attached hydrogens (tertiary/aromatic N) is 3. The van der Waals surface area contributed by atoms with Crippen molar-refractivity contribution in [2.45, 2.75) is 71.4 Å². The third-order valence-corrected chi connectivity index (χ3v) is 7.03. The van der Waals surface area contributed by atoms with E-state index in [1.165, 1.54) is 12.4 Å². The zero-order valence-corrected chi connectivity index (χ0v) is 18.3. The van der Waals surface area contributed by atoms with Crippen molar-refractivity contribution in [3.05, 3.63) is 18.2 Å². The molecule has 0 aromatic carbocycles. The van der Waals surface area contributed by atoms with Gasteiger partial charge in [0.25, 0.3) is 5.91 Å². The van der Waals surface area contributed by atoms with Crippen LogP contribution in [0.5, 0.6) is 0 Å². The minimum atomic E-state index is -2.70. The van der Waals surface area contributed by atoms with Crippen molar-refractivity contribution >= 4 is 17.8 Å². The molecule has 0 unspecified atom stereocenters. The average Bonchev–Trinajstić information content (AvgIpc) is 3.28. The molecule has 2 heterocycles. The molecule has 10 heteroatoms. The van der Waals surface area contributed by atoms with Crippen LogP contribution in [0, 0.1) is 11.3 Å². The molecule has 1 aliphatic carbocycles. The van der Waals surface area contributed by atoms with Crippen molar-refractivity contribution in [2.75, 3.05) is 13.1 Å². The summed E-state index contributed by atoms with van der Waals surface area (Å²) < 4.78 is 26.4. The summed E-state index contributed by atoms with van der Waals surface area (Å²) in [6, 6.07) is -0.554. The summed E-state index contributed by atoms with van der Waals surface area (Å²) in [5, 5.41) is 5.39. The quantitative estimate of drug-likeness (QED) is 0.609. The molecular formula is C21H31F2N5O3. The lowest BCUT2D eigenvalue weighted by molar-refractivity contribution is -0.136. The molecule has 2 fully saturated rings. The Morgan fingerprint density at radius 1 is 1.35 bits per heavy atom. The first-order valence-electron chi connectivity index (χ1n) is 10.8. The Kier molecular flexibility index (Phi) is 6.66. The lowest BCUT2D eigenvalue weighted by Gasteiger charge is -2.42. The van der Waals surface area contributed by atoms with E-state index in [2.05, 4.69) is 36.4 Å². The summed E-state index contributed by atoms with van der Waals surface area (Å²) in [7, 11) is 0. The molecule has 172 valence electrons. The van der Waals surface area contributed by atoms with E-state index < -0.39 is 24.0 Å². The summed E-state index contributed by atoms with van der Waals surface area (Å²) >= 11 is 0. The van der Waals surface area contributed by atoms with E-state index in [0.29, 0.717) is 18.8 Å². The lowest BCUT2D eigenvalue weighted by Crippen LogP contribution is -2.51. The van der Waals surface area contributed by atoms with Crippen LogP contribution >= 0.6 is 0 Å². The molecular weight excluding hydrogens is 408 g/mol. The van der Waals surface area contributed by atoms with E-state index in [1.54, 1.807) is 0 Å². The second-order valence-electron chi connectivity index (χ2n) is 9.15. The van der Waals surface area contributed by atoms with Crippen molar-refractivity contribution in [1.82, 2.24) is 25.1 Å². The molecule has 1 aromatic rings. The minimum absolute atomic E-state index is 0.0745. The van der Waals surface area contributed by atoms with E-state index in [1.807, 2.05) is 0 Å². The second kappa shape index (κ2) is 8.92. The van der Waals surface area contributed by atoms with Gasteiger partial charge in [-0.15, -0.1) is 0 Å². The molecule has 0 bridgehead atoms. The maximum absolute atomic E-state index is 13.0. The van der Waals surface area contributed by atoms with Crippen LogP contribution < -0.4 is 10.6 Å². The lowest BCUT2D eigenvalue weighted by atomic mass is 9.65. The normalized spacial score (nSPS) is 24.2. The number of hydrogen-bond donors (Lipinski definition) is 2. The Hall–Kier alpha value is -2.52. The van der Waals surface area contributed by atoms with Crippen molar-refractivity contribution in [2.24, 2.45) is 11.3 Å². The van der Waals surface area contributed by atoms with Gasteiger partial charge in [0, 0.05) is 25.4 Å². The summed E-state index contributed by atoms with van der Waals surface area (Å²) in [6.07, 6.45) is 6.45. The molecule has 3 rings (SSSR count). The number of alkyl halides is 2.